The second-order valence-electron chi connectivity index (χ2n) is 5.33. The van der Waals surface area contributed by atoms with E-state index in [0.717, 1.165) is 11.3 Å². The predicted molar refractivity (Wildman–Crippen MR) is 99.2 cm³/mol. The van der Waals surface area contributed by atoms with Gasteiger partial charge in [-0.3, -0.25) is 9.79 Å². The second-order valence-corrected chi connectivity index (χ2v) is 5.33. The number of amides is 1. The molecule has 0 bridgehead atoms. The van der Waals surface area contributed by atoms with Gasteiger partial charge in [-0.25, -0.2) is 0 Å². The highest BCUT2D eigenvalue weighted by atomic mass is 16.1. The summed E-state index contributed by atoms with van der Waals surface area (Å²) in [5.41, 5.74) is 3.27. The van der Waals surface area contributed by atoms with Gasteiger partial charge in [0.25, 0.3) is 5.91 Å². The molecule has 0 heterocycles. The van der Waals surface area contributed by atoms with Crippen molar-refractivity contribution in [2.24, 2.45) is 4.99 Å². The van der Waals surface area contributed by atoms with E-state index >= 15 is 0 Å². The highest BCUT2D eigenvalue weighted by molar-refractivity contribution is 6.08. The summed E-state index contributed by atoms with van der Waals surface area (Å²) in [5, 5.41) is 11.7. The van der Waals surface area contributed by atoms with Crippen molar-refractivity contribution >= 4 is 23.5 Å². The molecule has 0 fully saturated rings. The molecule has 120 valence electrons. The quantitative estimate of drug-likeness (QED) is 0.715. The number of carbonyl (C=O) groups is 1. The van der Waals surface area contributed by atoms with Gasteiger partial charge in [-0.15, -0.1) is 0 Å². The largest absolute Gasteiger partial charge is 0.322 e. The van der Waals surface area contributed by atoms with E-state index in [1.807, 2.05) is 48.5 Å². The van der Waals surface area contributed by atoms with E-state index in [2.05, 4.69) is 16.4 Å². The molecule has 0 aliphatic carbocycles. The zero-order valence-corrected chi connectivity index (χ0v) is 13.4. The number of carbonyl (C=O) groups excluding carboxylic acids is 1. The van der Waals surface area contributed by atoms with Gasteiger partial charge in [-0.05, 0) is 42.0 Å². The highest BCUT2D eigenvalue weighted by Crippen LogP contribution is 2.20. The molecule has 3 aromatic carbocycles. The first-order valence-electron chi connectivity index (χ1n) is 7.76. The number of nitriles is 1. The zero-order chi connectivity index (χ0) is 17.5. The van der Waals surface area contributed by atoms with E-state index < -0.39 is 0 Å². The van der Waals surface area contributed by atoms with E-state index in [4.69, 9.17) is 5.26 Å². The minimum atomic E-state index is -0.209. The molecule has 25 heavy (non-hydrogen) atoms. The van der Waals surface area contributed by atoms with E-state index in [1.165, 1.54) is 0 Å². The molecule has 0 radical (unpaired) electrons. The Kier molecular flexibility index (Phi) is 4.98. The second kappa shape index (κ2) is 7.71. The van der Waals surface area contributed by atoms with Crippen molar-refractivity contribution < 1.29 is 4.79 Å². The number of para-hydroxylation sites is 2. The summed E-state index contributed by atoms with van der Waals surface area (Å²) in [6.45, 7) is 0. The standard InChI is InChI=1S/C21H15N3O/c22-14-16-10-12-17(13-11-16)15-23-20-9-5-4-8-19(20)21(25)24-18-6-2-1-3-7-18/h1-13,15H,(H,24,25). The first-order chi connectivity index (χ1) is 12.3. The maximum Gasteiger partial charge on any atom is 0.257 e. The minimum Gasteiger partial charge on any atom is -0.322 e. The van der Waals surface area contributed by atoms with Gasteiger partial charge in [0, 0.05) is 11.9 Å². The van der Waals surface area contributed by atoms with Crippen LogP contribution in [0.2, 0.25) is 0 Å². The number of anilines is 1. The van der Waals surface area contributed by atoms with Crippen LogP contribution in [0.5, 0.6) is 0 Å². The summed E-state index contributed by atoms with van der Waals surface area (Å²) < 4.78 is 0. The molecule has 1 N–H and O–H groups in total. The van der Waals surface area contributed by atoms with Gasteiger partial charge in [0.05, 0.1) is 22.9 Å². The fraction of sp³-hybridized carbons (Fsp3) is 0. The molecule has 3 rings (SSSR count). The molecule has 0 aromatic heterocycles. The third-order valence-electron chi connectivity index (χ3n) is 3.57. The van der Waals surface area contributed by atoms with Crippen molar-refractivity contribution in [2.45, 2.75) is 0 Å². The van der Waals surface area contributed by atoms with Gasteiger partial charge >= 0.3 is 0 Å². The molecule has 0 spiro atoms. The Balaban J connectivity index is 1.81. The Labute approximate surface area is 146 Å². The van der Waals surface area contributed by atoms with Gasteiger partial charge in [-0.2, -0.15) is 5.26 Å². The van der Waals surface area contributed by atoms with Crippen LogP contribution in [0.4, 0.5) is 11.4 Å². The van der Waals surface area contributed by atoms with Crippen LogP contribution in [0.3, 0.4) is 0 Å². The van der Waals surface area contributed by atoms with Gasteiger partial charge in [0.2, 0.25) is 0 Å². The van der Waals surface area contributed by atoms with Crippen LogP contribution in [0.25, 0.3) is 0 Å². The molecule has 1 amide bonds. The molecular formula is C21H15N3O. The number of aliphatic imine (C=N–C) groups is 1. The summed E-state index contributed by atoms with van der Waals surface area (Å²) in [5.74, 6) is -0.209. The summed E-state index contributed by atoms with van der Waals surface area (Å²) in [6.07, 6.45) is 1.68. The first kappa shape index (κ1) is 16.2. The smallest absolute Gasteiger partial charge is 0.257 e. The van der Waals surface area contributed by atoms with Gasteiger partial charge in [-0.1, -0.05) is 42.5 Å². The maximum absolute atomic E-state index is 12.5. The zero-order valence-electron chi connectivity index (χ0n) is 13.4. The van der Waals surface area contributed by atoms with Crippen molar-refractivity contribution in [2.75, 3.05) is 5.32 Å². The topological polar surface area (TPSA) is 65.2 Å². The lowest BCUT2D eigenvalue weighted by atomic mass is 10.1. The van der Waals surface area contributed by atoms with Crippen molar-refractivity contribution in [3.63, 3.8) is 0 Å². The number of nitrogens with zero attached hydrogens (tertiary/aromatic N) is 2. The Morgan fingerprint density at radius 1 is 0.920 bits per heavy atom. The molecule has 0 aliphatic heterocycles. The summed E-state index contributed by atoms with van der Waals surface area (Å²) in [4.78, 5) is 16.9. The molecule has 0 aliphatic rings. The molecule has 3 aromatic rings. The molecule has 4 heteroatoms. The maximum atomic E-state index is 12.5. The average molecular weight is 325 g/mol. The lowest BCUT2D eigenvalue weighted by Crippen LogP contribution is -2.11. The number of hydrogen-bond donors (Lipinski definition) is 1. The Morgan fingerprint density at radius 2 is 1.60 bits per heavy atom. The van der Waals surface area contributed by atoms with Crippen molar-refractivity contribution in [1.82, 2.24) is 0 Å². The fourth-order valence-electron chi connectivity index (χ4n) is 2.29. The van der Waals surface area contributed by atoms with Gasteiger partial charge in [0.15, 0.2) is 0 Å². The molecule has 0 atom stereocenters. The van der Waals surface area contributed by atoms with Crippen LogP contribution < -0.4 is 5.32 Å². The monoisotopic (exact) mass is 325 g/mol. The first-order valence-corrected chi connectivity index (χ1v) is 7.76. The van der Waals surface area contributed by atoms with Crippen LogP contribution in [0.1, 0.15) is 21.5 Å². The Hall–Kier alpha value is -3.71. The SMILES string of the molecule is N#Cc1ccc(C=Nc2ccccc2C(=O)Nc2ccccc2)cc1. The molecule has 0 unspecified atom stereocenters. The van der Waals surface area contributed by atoms with Crippen LogP contribution in [0.15, 0.2) is 83.9 Å². The summed E-state index contributed by atoms with van der Waals surface area (Å²) >= 11 is 0. The summed E-state index contributed by atoms with van der Waals surface area (Å²) in [7, 11) is 0. The van der Waals surface area contributed by atoms with Crippen molar-refractivity contribution in [1.29, 1.82) is 5.26 Å². The van der Waals surface area contributed by atoms with Crippen LogP contribution in [0, 0.1) is 11.3 Å². The van der Waals surface area contributed by atoms with E-state index in [1.54, 1.807) is 36.5 Å². The van der Waals surface area contributed by atoms with Crippen molar-refractivity contribution in [3.8, 4) is 6.07 Å². The predicted octanol–water partition coefficient (Wildman–Crippen LogP) is 4.56. The average Bonchev–Trinajstić information content (AvgIpc) is 2.68. The van der Waals surface area contributed by atoms with Crippen LogP contribution >= 0.6 is 0 Å². The van der Waals surface area contributed by atoms with Gasteiger partial charge < -0.3 is 5.32 Å². The third kappa shape index (κ3) is 4.18. The number of hydrogen-bond acceptors (Lipinski definition) is 3. The lowest BCUT2D eigenvalue weighted by molar-refractivity contribution is 0.102. The van der Waals surface area contributed by atoms with E-state index in [0.29, 0.717) is 16.8 Å². The number of benzene rings is 3. The van der Waals surface area contributed by atoms with E-state index in [-0.39, 0.29) is 5.91 Å². The minimum absolute atomic E-state index is 0.209. The highest BCUT2D eigenvalue weighted by Gasteiger charge is 2.10. The number of rotatable bonds is 4. The molecule has 0 saturated carbocycles. The van der Waals surface area contributed by atoms with E-state index in [9.17, 15) is 4.79 Å². The summed E-state index contributed by atoms with van der Waals surface area (Å²) in [6, 6.07) is 25.6. The Morgan fingerprint density at radius 3 is 2.32 bits per heavy atom. The fourth-order valence-corrected chi connectivity index (χ4v) is 2.29. The van der Waals surface area contributed by atoms with Crippen LogP contribution in [-0.2, 0) is 0 Å². The normalized spacial score (nSPS) is 10.4. The molecule has 4 nitrogen and oxygen atoms in total. The Bertz CT molecular complexity index is 939. The molecule has 0 saturated heterocycles. The number of nitrogens with one attached hydrogen (secondary N) is 1. The third-order valence-corrected chi connectivity index (χ3v) is 3.57. The molecular weight excluding hydrogens is 310 g/mol. The van der Waals surface area contributed by atoms with Crippen molar-refractivity contribution in [3.05, 3.63) is 95.6 Å². The lowest BCUT2D eigenvalue weighted by Gasteiger charge is -2.07. The van der Waals surface area contributed by atoms with Gasteiger partial charge in [0.1, 0.15) is 0 Å². The van der Waals surface area contributed by atoms with Crippen LogP contribution in [-0.4, -0.2) is 12.1 Å².